The van der Waals surface area contributed by atoms with E-state index in [1.54, 1.807) is 36.5 Å². The number of hydrogen-bond acceptors (Lipinski definition) is 5. The molecule has 3 rings (SSSR count). The summed E-state index contributed by atoms with van der Waals surface area (Å²) in [5.74, 6) is 0.133. The molecule has 0 bridgehead atoms. The number of methoxy groups -OCH3 is 1. The van der Waals surface area contributed by atoms with Crippen molar-refractivity contribution in [2.75, 3.05) is 7.11 Å². The van der Waals surface area contributed by atoms with Crippen molar-refractivity contribution in [3.8, 4) is 11.5 Å². The van der Waals surface area contributed by atoms with E-state index in [-0.39, 0.29) is 17.7 Å². The highest BCUT2D eigenvalue weighted by atomic mass is 32.1. The Bertz CT molecular complexity index is 1050. The third-order valence-corrected chi connectivity index (χ3v) is 5.20. The molecule has 1 heterocycles. The first-order valence-electron chi connectivity index (χ1n) is 9.40. The topological polar surface area (TPSA) is 60.5 Å². The van der Waals surface area contributed by atoms with Crippen LogP contribution in [-0.2, 0) is 11.4 Å². The molecular weight excluding hydrogens is 403 g/mol. The summed E-state index contributed by atoms with van der Waals surface area (Å²) in [6.45, 7) is 4.15. The molecule has 0 unspecified atom stereocenters. The van der Waals surface area contributed by atoms with Crippen molar-refractivity contribution >= 4 is 23.3 Å². The highest BCUT2D eigenvalue weighted by Crippen LogP contribution is 2.22. The van der Waals surface area contributed by atoms with Crippen LogP contribution in [0.1, 0.15) is 34.8 Å². The second-order valence-electron chi connectivity index (χ2n) is 6.68. The average molecular weight is 427 g/mol. The van der Waals surface area contributed by atoms with Gasteiger partial charge in [0.05, 0.1) is 23.9 Å². The number of carbonyl (C=O) groups is 1. The zero-order valence-corrected chi connectivity index (χ0v) is 17.8. The zero-order valence-electron chi connectivity index (χ0n) is 17.0. The number of carbonyl (C=O) groups excluding carboxylic acids is 1. The van der Waals surface area contributed by atoms with E-state index in [0.717, 1.165) is 16.3 Å². The van der Waals surface area contributed by atoms with Crippen LogP contribution >= 0.6 is 11.3 Å². The van der Waals surface area contributed by atoms with Gasteiger partial charge in [0, 0.05) is 11.5 Å². The normalized spacial score (nSPS) is 12.0. The van der Waals surface area contributed by atoms with Gasteiger partial charge in [-0.05, 0) is 55.3 Å². The van der Waals surface area contributed by atoms with Crippen LogP contribution < -0.4 is 14.8 Å². The summed E-state index contributed by atoms with van der Waals surface area (Å²) in [5.41, 5.74) is 2.38. The fourth-order valence-corrected chi connectivity index (χ4v) is 3.41. The molecule has 0 aliphatic carbocycles. The zero-order chi connectivity index (χ0) is 21.5. The van der Waals surface area contributed by atoms with E-state index in [2.05, 4.69) is 10.3 Å². The van der Waals surface area contributed by atoms with Gasteiger partial charge in [-0.3, -0.25) is 4.79 Å². The maximum Gasteiger partial charge on any atom is 0.244 e. The summed E-state index contributed by atoms with van der Waals surface area (Å²) in [6, 6.07) is 11.7. The molecule has 2 aromatic carbocycles. The number of halogens is 1. The van der Waals surface area contributed by atoms with Crippen molar-refractivity contribution in [2.24, 2.45) is 0 Å². The number of ether oxygens (including phenoxy) is 2. The lowest BCUT2D eigenvalue weighted by Crippen LogP contribution is -2.24. The van der Waals surface area contributed by atoms with Crippen LogP contribution in [0.25, 0.3) is 6.08 Å². The lowest BCUT2D eigenvalue weighted by atomic mass is 10.1. The maximum absolute atomic E-state index is 13.9. The summed E-state index contributed by atoms with van der Waals surface area (Å²) in [7, 11) is 1.41. The van der Waals surface area contributed by atoms with E-state index < -0.39 is 5.82 Å². The molecule has 0 radical (unpaired) electrons. The number of benzene rings is 2. The van der Waals surface area contributed by atoms with Gasteiger partial charge in [0.2, 0.25) is 5.91 Å². The monoisotopic (exact) mass is 426 g/mol. The van der Waals surface area contributed by atoms with E-state index in [0.29, 0.717) is 17.9 Å². The number of rotatable bonds is 8. The second kappa shape index (κ2) is 10.0. The molecule has 156 valence electrons. The van der Waals surface area contributed by atoms with Crippen molar-refractivity contribution < 1.29 is 18.7 Å². The van der Waals surface area contributed by atoms with Crippen LogP contribution in [-0.4, -0.2) is 18.0 Å². The van der Waals surface area contributed by atoms with Gasteiger partial charge >= 0.3 is 0 Å². The molecule has 0 saturated heterocycles. The third-order valence-electron chi connectivity index (χ3n) is 4.37. The Labute approximate surface area is 179 Å². The summed E-state index contributed by atoms with van der Waals surface area (Å²) in [4.78, 5) is 16.6. The Kier molecular flexibility index (Phi) is 7.19. The van der Waals surface area contributed by atoms with Crippen LogP contribution in [0.4, 0.5) is 4.39 Å². The van der Waals surface area contributed by atoms with Crippen molar-refractivity contribution in [3.63, 3.8) is 0 Å². The van der Waals surface area contributed by atoms with E-state index in [1.807, 2.05) is 36.6 Å². The Morgan fingerprint density at radius 3 is 2.83 bits per heavy atom. The molecule has 1 amide bonds. The van der Waals surface area contributed by atoms with E-state index in [4.69, 9.17) is 9.47 Å². The van der Waals surface area contributed by atoms with Gasteiger partial charge in [0.15, 0.2) is 11.6 Å². The van der Waals surface area contributed by atoms with E-state index in [1.165, 1.54) is 19.3 Å². The number of nitrogens with zero attached hydrogens (tertiary/aromatic N) is 1. The van der Waals surface area contributed by atoms with Crippen LogP contribution in [0.3, 0.4) is 0 Å². The first-order valence-corrected chi connectivity index (χ1v) is 10.3. The minimum atomic E-state index is -0.462. The molecule has 0 fully saturated rings. The van der Waals surface area contributed by atoms with Gasteiger partial charge < -0.3 is 14.8 Å². The van der Waals surface area contributed by atoms with Gasteiger partial charge in [-0.15, -0.1) is 11.3 Å². The quantitative estimate of drug-likeness (QED) is 0.511. The standard InChI is InChI=1S/C23H23FN2O3S/c1-15(18-8-9-22(28-3)21(24)12-18)25-23(27)10-7-17-5-4-6-20(11-17)29-13-19-14-30-16(2)26-19/h4-12,14-15H,13H2,1-3H3,(H,25,27)/b10-7+/t15-/m0/s1. The average Bonchev–Trinajstić information content (AvgIpc) is 3.16. The Morgan fingerprint density at radius 2 is 2.13 bits per heavy atom. The number of thiazole rings is 1. The highest BCUT2D eigenvalue weighted by Gasteiger charge is 2.11. The first-order chi connectivity index (χ1) is 14.4. The number of aryl methyl sites for hydroxylation is 1. The largest absolute Gasteiger partial charge is 0.494 e. The Hall–Kier alpha value is -3.19. The molecule has 1 aromatic heterocycles. The van der Waals surface area contributed by atoms with E-state index >= 15 is 0 Å². The van der Waals surface area contributed by atoms with Crippen molar-refractivity contribution in [1.82, 2.24) is 10.3 Å². The second-order valence-corrected chi connectivity index (χ2v) is 7.74. The number of aromatic nitrogens is 1. The molecular formula is C23H23FN2O3S. The maximum atomic E-state index is 13.9. The van der Waals surface area contributed by atoms with Crippen molar-refractivity contribution in [3.05, 3.63) is 81.6 Å². The van der Waals surface area contributed by atoms with Crippen molar-refractivity contribution in [1.29, 1.82) is 0 Å². The molecule has 7 heteroatoms. The van der Waals surface area contributed by atoms with Crippen LogP contribution in [0.2, 0.25) is 0 Å². The van der Waals surface area contributed by atoms with E-state index in [9.17, 15) is 9.18 Å². The molecule has 0 spiro atoms. The molecule has 0 saturated carbocycles. The number of nitrogens with one attached hydrogen (secondary N) is 1. The molecule has 5 nitrogen and oxygen atoms in total. The minimum Gasteiger partial charge on any atom is -0.494 e. The number of amides is 1. The molecule has 3 aromatic rings. The fraction of sp³-hybridized carbons (Fsp3) is 0.217. The summed E-state index contributed by atoms with van der Waals surface area (Å²) in [6.07, 6.45) is 3.15. The molecule has 0 aliphatic heterocycles. The fourth-order valence-electron chi connectivity index (χ4n) is 2.81. The summed E-state index contributed by atoms with van der Waals surface area (Å²) >= 11 is 1.59. The van der Waals surface area contributed by atoms with Gasteiger partial charge in [-0.2, -0.15) is 0 Å². The summed E-state index contributed by atoms with van der Waals surface area (Å²) < 4.78 is 24.5. The molecule has 0 aliphatic rings. The van der Waals surface area contributed by atoms with Crippen LogP contribution in [0.15, 0.2) is 53.9 Å². The van der Waals surface area contributed by atoms with Crippen LogP contribution in [0.5, 0.6) is 11.5 Å². The predicted molar refractivity (Wildman–Crippen MR) is 116 cm³/mol. The number of hydrogen-bond donors (Lipinski definition) is 1. The minimum absolute atomic E-state index is 0.171. The smallest absolute Gasteiger partial charge is 0.244 e. The lowest BCUT2D eigenvalue weighted by molar-refractivity contribution is -0.117. The lowest BCUT2D eigenvalue weighted by Gasteiger charge is -2.14. The predicted octanol–water partition coefficient (Wildman–Crippen LogP) is 5.07. The first kappa shape index (κ1) is 21.5. The van der Waals surface area contributed by atoms with Crippen LogP contribution in [0, 0.1) is 12.7 Å². The Balaban J connectivity index is 1.57. The van der Waals surface area contributed by atoms with Gasteiger partial charge in [-0.1, -0.05) is 18.2 Å². The van der Waals surface area contributed by atoms with Gasteiger partial charge in [0.1, 0.15) is 12.4 Å². The SMILES string of the molecule is COc1ccc([C@H](C)NC(=O)/C=C/c2cccc(OCc3csc(C)n3)c2)cc1F. The molecule has 1 N–H and O–H groups in total. The molecule has 1 atom stereocenters. The third kappa shape index (κ3) is 5.90. The Morgan fingerprint density at radius 1 is 1.30 bits per heavy atom. The summed E-state index contributed by atoms with van der Waals surface area (Å²) in [5, 5.41) is 5.80. The molecule has 30 heavy (non-hydrogen) atoms. The van der Waals surface area contributed by atoms with Gasteiger partial charge in [-0.25, -0.2) is 9.37 Å². The van der Waals surface area contributed by atoms with Gasteiger partial charge in [0.25, 0.3) is 0 Å². The van der Waals surface area contributed by atoms with Crippen molar-refractivity contribution in [2.45, 2.75) is 26.5 Å². The highest BCUT2D eigenvalue weighted by molar-refractivity contribution is 7.09.